The molecule has 0 bridgehead atoms. The Kier molecular flexibility index (Phi) is 9.23. The van der Waals surface area contributed by atoms with E-state index < -0.39 is 0 Å². The standard InChI is InChI=1S/C17H30N6O.HI/c1-5-18-17(19-10-6-7-16(24)21-14-8-9-14)20-11-15-12(2)22-23(4)13(15)3;/h14H,5-11H2,1-4H3,(H,21,24)(H2,18,19,20);1H. The number of hydrogen-bond donors (Lipinski definition) is 3. The van der Waals surface area contributed by atoms with Crippen molar-refractivity contribution in [2.75, 3.05) is 13.1 Å². The van der Waals surface area contributed by atoms with Crippen molar-refractivity contribution in [3.63, 3.8) is 0 Å². The lowest BCUT2D eigenvalue weighted by Gasteiger charge is -2.11. The van der Waals surface area contributed by atoms with Gasteiger partial charge in [-0.2, -0.15) is 5.10 Å². The highest BCUT2D eigenvalue weighted by atomic mass is 127. The second-order valence-electron chi connectivity index (χ2n) is 6.34. The van der Waals surface area contributed by atoms with Crippen molar-refractivity contribution >= 4 is 35.8 Å². The molecule has 1 aliphatic rings. The Balaban J connectivity index is 0.00000312. The molecule has 1 fully saturated rings. The second-order valence-corrected chi connectivity index (χ2v) is 6.34. The summed E-state index contributed by atoms with van der Waals surface area (Å²) in [4.78, 5) is 16.3. The smallest absolute Gasteiger partial charge is 0.220 e. The normalized spacial score (nSPS) is 14.0. The van der Waals surface area contributed by atoms with Crippen LogP contribution in [0, 0.1) is 13.8 Å². The zero-order valence-corrected chi connectivity index (χ0v) is 18.0. The molecule has 1 heterocycles. The van der Waals surface area contributed by atoms with Crippen LogP contribution < -0.4 is 16.0 Å². The highest BCUT2D eigenvalue weighted by Crippen LogP contribution is 2.18. The Morgan fingerprint density at radius 2 is 2.04 bits per heavy atom. The maximum atomic E-state index is 11.7. The van der Waals surface area contributed by atoms with Crippen LogP contribution in [-0.4, -0.2) is 40.8 Å². The van der Waals surface area contributed by atoms with Crippen LogP contribution in [0.4, 0.5) is 0 Å². The summed E-state index contributed by atoms with van der Waals surface area (Å²) in [6.45, 7) is 8.25. The van der Waals surface area contributed by atoms with E-state index in [0.717, 1.165) is 49.7 Å². The second kappa shape index (κ2) is 10.6. The zero-order chi connectivity index (χ0) is 17.5. The van der Waals surface area contributed by atoms with Gasteiger partial charge in [0.05, 0.1) is 12.2 Å². The lowest BCUT2D eigenvalue weighted by molar-refractivity contribution is -0.121. The van der Waals surface area contributed by atoms with E-state index in [0.29, 0.717) is 19.0 Å². The molecule has 142 valence electrons. The highest BCUT2D eigenvalue weighted by Gasteiger charge is 2.22. The number of nitrogens with one attached hydrogen (secondary N) is 3. The zero-order valence-electron chi connectivity index (χ0n) is 15.7. The molecular weight excluding hydrogens is 431 g/mol. The van der Waals surface area contributed by atoms with Gasteiger partial charge in [-0.25, -0.2) is 4.99 Å². The molecule has 0 radical (unpaired) electrons. The first kappa shape index (κ1) is 21.7. The Hall–Kier alpha value is -1.32. The summed E-state index contributed by atoms with van der Waals surface area (Å²) in [5.74, 6) is 0.936. The van der Waals surface area contributed by atoms with Crippen molar-refractivity contribution in [3.05, 3.63) is 17.0 Å². The number of amides is 1. The van der Waals surface area contributed by atoms with Gasteiger partial charge in [-0.05, 0) is 40.0 Å². The van der Waals surface area contributed by atoms with E-state index in [2.05, 4.69) is 33.0 Å². The fourth-order valence-electron chi connectivity index (χ4n) is 2.53. The van der Waals surface area contributed by atoms with Crippen LogP contribution in [0.3, 0.4) is 0 Å². The summed E-state index contributed by atoms with van der Waals surface area (Å²) in [7, 11) is 1.95. The fraction of sp³-hybridized carbons (Fsp3) is 0.706. The Morgan fingerprint density at radius 3 is 2.60 bits per heavy atom. The van der Waals surface area contributed by atoms with Crippen LogP contribution in [0.15, 0.2) is 4.99 Å². The molecule has 0 unspecified atom stereocenters. The molecule has 1 saturated carbocycles. The number of guanidine groups is 1. The molecule has 0 aliphatic heterocycles. The van der Waals surface area contributed by atoms with Crippen molar-refractivity contribution in [2.24, 2.45) is 12.0 Å². The first-order valence-electron chi connectivity index (χ1n) is 8.81. The Morgan fingerprint density at radius 1 is 1.32 bits per heavy atom. The van der Waals surface area contributed by atoms with Gasteiger partial charge in [0.15, 0.2) is 5.96 Å². The lowest BCUT2D eigenvalue weighted by Crippen LogP contribution is -2.38. The molecule has 8 heteroatoms. The Labute approximate surface area is 167 Å². The number of hydrogen-bond acceptors (Lipinski definition) is 3. The predicted octanol–water partition coefficient (Wildman–Crippen LogP) is 1.77. The lowest BCUT2D eigenvalue weighted by atomic mass is 10.2. The van der Waals surface area contributed by atoms with E-state index >= 15 is 0 Å². The summed E-state index contributed by atoms with van der Waals surface area (Å²) in [6, 6.07) is 0.440. The van der Waals surface area contributed by atoms with Crippen LogP contribution in [-0.2, 0) is 18.4 Å². The third-order valence-corrected chi connectivity index (χ3v) is 4.21. The van der Waals surface area contributed by atoms with Crippen molar-refractivity contribution in [1.82, 2.24) is 25.7 Å². The predicted molar refractivity (Wildman–Crippen MR) is 111 cm³/mol. The van der Waals surface area contributed by atoms with Gasteiger partial charge in [0.2, 0.25) is 5.91 Å². The molecule has 2 rings (SSSR count). The van der Waals surface area contributed by atoms with E-state index in [1.54, 1.807) is 0 Å². The monoisotopic (exact) mass is 462 g/mol. The average molecular weight is 462 g/mol. The summed E-state index contributed by atoms with van der Waals surface area (Å²) < 4.78 is 1.89. The number of aryl methyl sites for hydroxylation is 2. The van der Waals surface area contributed by atoms with E-state index in [1.165, 1.54) is 5.56 Å². The molecule has 25 heavy (non-hydrogen) atoms. The number of rotatable bonds is 8. The Bertz CT molecular complexity index is 594. The van der Waals surface area contributed by atoms with E-state index in [1.807, 2.05) is 25.6 Å². The molecule has 1 amide bonds. The minimum atomic E-state index is 0. The maximum Gasteiger partial charge on any atom is 0.220 e. The number of aliphatic imine (C=N–C) groups is 1. The van der Waals surface area contributed by atoms with Gasteiger partial charge < -0.3 is 16.0 Å². The third kappa shape index (κ3) is 7.21. The van der Waals surface area contributed by atoms with Gasteiger partial charge in [-0.3, -0.25) is 9.48 Å². The number of halogens is 1. The first-order chi connectivity index (χ1) is 11.5. The third-order valence-electron chi connectivity index (χ3n) is 4.21. The van der Waals surface area contributed by atoms with E-state index in [9.17, 15) is 4.79 Å². The molecule has 0 saturated heterocycles. The minimum absolute atomic E-state index is 0. The van der Waals surface area contributed by atoms with Crippen LogP contribution in [0.5, 0.6) is 0 Å². The van der Waals surface area contributed by atoms with Gasteiger partial charge in [0.1, 0.15) is 0 Å². The summed E-state index contributed by atoms with van der Waals surface area (Å²) in [5.41, 5.74) is 3.33. The molecule has 1 aromatic rings. The maximum absolute atomic E-state index is 11.7. The van der Waals surface area contributed by atoms with Gasteiger partial charge in [-0.15, -0.1) is 24.0 Å². The van der Waals surface area contributed by atoms with Crippen molar-refractivity contribution < 1.29 is 4.79 Å². The summed E-state index contributed by atoms with van der Waals surface area (Å²) >= 11 is 0. The summed E-state index contributed by atoms with van der Waals surface area (Å²) in [6.07, 6.45) is 3.63. The molecule has 0 spiro atoms. The molecule has 1 aromatic heterocycles. The van der Waals surface area contributed by atoms with Crippen molar-refractivity contribution in [1.29, 1.82) is 0 Å². The van der Waals surface area contributed by atoms with Crippen molar-refractivity contribution in [3.8, 4) is 0 Å². The largest absolute Gasteiger partial charge is 0.357 e. The number of aromatic nitrogens is 2. The van der Waals surface area contributed by atoms with Crippen LogP contribution >= 0.6 is 24.0 Å². The topological polar surface area (TPSA) is 83.3 Å². The molecular formula is C17H31IN6O. The summed E-state index contributed by atoms with van der Waals surface area (Å²) in [5, 5.41) is 14.0. The first-order valence-corrected chi connectivity index (χ1v) is 8.81. The SMILES string of the molecule is CCNC(=NCc1c(C)nn(C)c1C)NCCCC(=O)NC1CC1.I. The molecule has 1 aliphatic carbocycles. The fourth-order valence-corrected chi connectivity index (χ4v) is 2.53. The highest BCUT2D eigenvalue weighted by molar-refractivity contribution is 14.0. The van der Waals surface area contributed by atoms with Gasteiger partial charge in [-0.1, -0.05) is 0 Å². The number of nitrogens with zero attached hydrogens (tertiary/aromatic N) is 3. The molecule has 7 nitrogen and oxygen atoms in total. The minimum Gasteiger partial charge on any atom is -0.357 e. The van der Waals surface area contributed by atoms with Gasteiger partial charge in [0.25, 0.3) is 0 Å². The number of carbonyl (C=O) groups is 1. The number of carbonyl (C=O) groups excluding carboxylic acids is 1. The van der Waals surface area contributed by atoms with Crippen molar-refractivity contribution in [2.45, 2.75) is 59.0 Å². The van der Waals surface area contributed by atoms with Gasteiger partial charge in [0, 0.05) is 43.9 Å². The quantitative estimate of drug-likeness (QED) is 0.238. The average Bonchev–Trinajstić information content (AvgIpc) is 3.30. The van der Waals surface area contributed by atoms with Crippen LogP contribution in [0.2, 0.25) is 0 Å². The van der Waals surface area contributed by atoms with E-state index in [-0.39, 0.29) is 29.9 Å². The molecule has 3 N–H and O–H groups in total. The van der Waals surface area contributed by atoms with Gasteiger partial charge >= 0.3 is 0 Å². The molecule has 0 aromatic carbocycles. The van der Waals surface area contributed by atoms with Crippen LogP contribution in [0.25, 0.3) is 0 Å². The molecule has 0 atom stereocenters. The van der Waals surface area contributed by atoms with Crippen LogP contribution in [0.1, 0.15) is 49.6 Å². The van der Waals surface area contributed by atoms with E-state index in [4.69, 9.17) is 0 Å².